The van der Waals surface area contributed by atoms with Crippen molar-refractivity contribution >= 4 is 33.7 Å². The molecule has 1 saturated carbocycles. The van der Waals surface area contributed by atoms with Crippen LogP contribution < -0.4 is 5.32 Å². The number of aryl methyl sites for hydroxylation is 1. The topological polar surface area (TPSA) is 103 Å². The third-order valence-corrected chi connectivity index (χ3v) is 5.27. The van der Waals surface area contributed by atoms with E-state index in [0.717, 1.165) is 5.56 Å². The summed E-state index contributed by atoms with van der Waals surface area (Å²) in [4.78, 5) is 29.5. The number of piperidine rings is 1. The van der Waals surface area contributed by atoms with Crippen molar-refractivity contribution in [3.63, 3.8) is 0 Å². The highest BCUT2D eigenvalue weighted by molar-refractivity contribution is 9.10. The predicted octanol–water partition coefficient (Wildman–Crippen LogP) is 1.85. The molecule has 2 aliphatic rings. The number of rotatable bonds is 4. The minimum absolute atomic E-state index is 0.0967. The summed E-state index contributed by atoms with van der Waals surface area (Å²) in [5.74, 6) is 0.0450. The molecule has 1 aromatic rings. The normalized spacial score (nSPS) is 28.4. The number of amides is 2. The summed E-state index contributed by atoms with van der Waals surface area (Å²) >= 11 is 3.27. The zero-order valence-electron chi connectivity index (χ0n) is 12.6. The number of fused-ring (bicyclic) bond motifs is 1. The summed E-state index contributed by atoms with van der Waals surface area (Å²) in [7, 11) is 0. The molecule has 8 heteroatoms. The van der Waals surface area contributed by atoms with Crippen LogP contribution in [0.2, 0.25) is 0 Å². The summed E-state index contributed by atoms with van der Waals surface area (Å²) in [5.41, 5.74) is 0.432. The third-order valence-electron chi connectivity index (χ3n) is 4.82. The van der Waals surface area contributed by atoms with Gasteiger partial charge in [-0.05, 0) is 46.8 Å². The van der Waals surface area contributed by atoms with Crippen LogP contribution >= 0.6 is 15.9 Å². The third kappa shape index (κ3) is 2.70. The monoisotopic (exact) mass is 383 g/mol. The van der Waals surface area contributed by atoms with Crippen molar-refractivity contribution in [2.24, 2.45) is 5.41 Å². The van der Waals surface area contributed by atoms with E-state index < -0.39 is 23.5 Å². The summed E-state index contributed by atoms with van der Waals surface area (Å²) in [6, 6.07) is 2.61. The molecular formula is C15H18BrN3O4. The van der Waals surface area contributed by atoms with Gasteiger partial charge in [0.25, 0.3) is 0 Å². The lowest BCUT2D eigenvalue weighted by Gasteiger charge is -2.24. The van der Waals surface area contributed by atoms with Crippen LogP contribution in [0.5, 0.6) is 0 Å². The van der Waals surface area contributed by atoms with Crippen molar-refractivity contribution in [1.29, 1.82) is 0 Å². The second kappa shape index (κ2) is 5.76. The van der Waals surface area contributed by atoms with E-state index in [1.165, 1.54) is 4.90 Å². The molecule has 124 valence electrons. The lowest BCUT2D eigenvalue weighted by molar-refractivity contribution is -0.120. The summed E-state index contributed by atoms with van der Waals surface area (Å²) in [6.45, 7) is 1.86. The first-order valence-electron chi connectivity index (χ1n) is 7.50. The van der Waals surface area contributed by atoms with Crippen LogP contribution in [-0.4, -0.2) is 50.8 Å². The number of hydrogen-bond donors (Lipinski definition) is 3. The Morgan fingerprint density at radius 3 is 2.83 bits per heavy atom. The number of nitrogens with zero attached hydrogens (tertiary/aromatic N) is 2. The molecule has 1 aromatic heterocycles. The molecule has 2 heterocycles. The van der Waals surface area contributed by atoms with Gasteiger partial charge >= 0.3 is 6.09 Å². The molecule has 2 amide bonds. The molecule has 0 radical (unpaired) electrons. The number of likely N-dealkylation sites (tertiary alicyclic amines) is 1. The van der Waals surface area contributed by atoms with E-state index in [1.807, 2.05) is 13.0 Å². The zero-order valence-corrected chi connectivity index (χ0v) is 14.2. The summed E-state index contributed by atoms with van der Waals surface area (Å²) in [6.07, 6.45) is 0.546. The van der Waals surface area contributed by atoms with Crippen molar-refractivity contribution in [3.8, 4) is 0 Å². The van der Waals surface area contributed by atoms with Crippen LogP contribution in [0, 0.1) is 5.41 Å². The first-order valence-corrected chi connectivity index (χ1v) is 8.29. The van der Waals surface area contributed by atoms with Gasteiger partial charge in [0.15, 0.2) is 0 Å². The fraction of sp³-hybridized carbons (Fsp3) is 0.533. The van der Waals surface area contributed by atoms with Crippen molar-refractivity contribution in [3.05, 3.63) is 22.3 Å². The van der Waals surface area contributed by atoms with Crippen LogP contribution in [0.15, 0.2) is 16.7 Å². The number of pyridine rings is 1. The van der Waals surface area contributed by atoms with E-state index in [9.17, 15) is 19.8 Å². The largest absolute Gasteiger partial charge is 0.465 e. The van der Waals surface area contributed by atoms with E-state index in [4.69, 9.17) is 0 Å². The molecule has 3 atom stereocenters. The Morgan fingerprint density at radius 2 is 2.22 bits per heavy atom. The first-order chi connectivity index (χ1) is 10.9. The number of aliphatic hydroxyl groups is 1. The molecule has 3 rings (SSSR count). The Morgan fingerprint density at radius 1 is 1.48 bits per heavy atom. The van der Waals surface area contributed by atoms with Gasteiger partial charge in [-0.25, -0.2) is 9.78 Å². The van der Waals surface area contributed by atoms with E-state index in [1.54, 1.807) is 6.07 Å². The van der Waals surface area contributed by atoms with Crippen molar-refractivity contribution in [1.82, 2.24) is 9.88 Å². The Labute approximate surface area is 141 Å². The number of hydrogen-bond acceptors (Lipinski definition) is 4. The number of nitrogens with one attached hydrogen (secondary N) is 1. The van der Waals surface area contributed by atoms with Gasteiger partial charge in [-0.3, -0.25) is 9.69 Å². The average molecular weight is 384 g/mol. The van der Waals surface area contributed by atoms with Gasteiger partial charge in [0, 0.05) is 11.5 Å². The zero-order chi connectivity index (χ0) is 16.8. The van der Waals surface area contributed by atoms with Crippen LogP contribution in [0.3, 0.4) is 0 Å². The molecule has 7 nitrogen and oxygen atoms in total. The first kappa shape index (κ1) is 16.2. The van der Waals surface area contributed by atoms with Crippen LogP contribution in [0.25, 0.3) is 0 Å². The maximum Gasteiger partial charge on any atom is 0.408 e. The number of aromatic nitrogens is 1. The maximum atomic E-state index is 12.6. The van der Waals surface area contributed by atoms with E-state index in [2.05, 4.69) is 26.2 Å². The molecule has 1 saturated heterocycles. The van der Waals surface area contributed by atoms with Crippen LogP contribution in [-0.2, 0) is 11.2 Å². The lowest BCUT2D eigenvalue weighted by atomic mass is 10.0. The number of halogens is 1. The number of carbonyl (C=O) groups excluding carboxylic acids is 1. The van der Waals surface area contributed by atoms with Crippen molar-refractivity contribution in [2.75, 3.05) is 11.9 Å². The molecule has 0 bridgehead atoms. The number of anilines is 1. The molecule has 3 unspecified atom stereocenters. The molecule has 1 aliphatic heterocycles. The van der Waals surface area contributed by atoms with Gasteiger partial charge in [0.2, 0.25) is 5.91 Å². The Balaban J connectivity index is 1.81. The van der Waals surface area contributed by atoms with Crippen LogP contribution in [0.4, 0.5) is 10.6 Å². The Bertz CT molecular complexity index is 668. The van der Waals surface area contributed by atoms with Gasteiger partial charge in [-0.15, -0.1) is 0 Å². The second-order valence-electron chi connectivity index (χ2n) is 6.13. The Hall–Kier alpha value is -1.67. The van der Waals surface area contributed by atoms with E-state index in [-0.39, 0.29) is 12.6 Å². The summed E-state index contributed by atoms with van der Waals surface area (Å²) < 4.78 is 0.598. The molecule has 0 spiro atoms. The standard InChI is InChI=1S/C15H18BrN3O4/c1-2-8-3-4-11(16)17-12(8)18-13(21)9-5-15(7-20)6-10(15)19(9)14(22)23/h3-4,9-10,20H,2,5-7H2,1H3,(H,22,23)(H,17,18,21). The van der Waals surface area contributed by atoms with Gasteiger partial charge in [0.1, 0.15) is 16.5 Å². The van der Waals surface area contributed by atoms with Crippen molar-refractivity contribution < 1.29 is 19.8 Å². The predicted molar refractivity (Wildman–Crippen MR) is 86.1 cm³/mol. The molecular weight excluding hydrogens is 366 g/mol. The van der Waals surface area contributed by atoms with Crippen LogP contribution in [0.1, 0.15) is 25.3 Å². The fourth-order valence-corrected chi connectivity index (χ4v) is 3.73. The van der Waals surface area contributed by atoms with E-state index in [0.29, 0.717) is 29.7 Å². The minimum atomic E-state index is -1.12. The molecule has 2 fully saturated rings. The molecule has 0 aromatic carbocycles. The number of carboxylic acid groups (broad SMARTS) is 1. The average Bonchev–Trinajstić information content (AvgIpc) is 3.12. The van der Waals surface area contributed by atoms with Gasteiger partial charge in [-0.1, -0.05) is 13.0 Å². The lowest BCUT2D eigenvalue weighted by Crippen LogP contribution is -2.45. The highest BCUT2D eigenvalue weighted by atomic mass is 79.9. The number of carbonyl (C=O) groups is 2. The number of aliphatic hydroxyl groups excluding tert-OH is 1. The molecule has 23 heavy (non-hydrogen) atoms. The van der Waals surface area contributed by atoms with Gasteiger partial charge in [0.05, 0.1) is 6.61 Å². The van der Waals surface area contributed by atoms with Crippen molar-refractivity contribution in [2.45, 2.75) is 38.3 Å². The quantitative estimate of drug-likeness (QED) is 0.688. The highest BCUT2D eigenvalue weighted by Gasteiger charge is 2.67. The van der Waals surface area contributed by atoms with Gasteiger partial charge in [-0.2, -0.15) is 0 Å². The summed E-state index contributed by atoms with van der Waals surface area (Å²) in [5, 5.41) is 21.6. The molecule has 1 aliphatic carbocycles. The second-order valence-corrected chi connectivity index (χ2v) is 6.95. The maximum absolute atomic E-state index is 12.6. The minimum Gasteiger partial charge on any atom is -0.465 e. The van der Waals surface area contributed by atoms with Gasteiger partial charge < -0.3 is 15.5 Å². The molecule has 3 N–H and O–H groups in total. The highest BCUT2D eigenvalue weighted by Crippen LogP contribution is 2.59. The fourth-order valence-electron chi connectivity index (χ4n) is 3.42. The van der Waals surface area contributed by atoms with E-state index >= 15 is 0 Å². The smallest absolute Gasteiger partial charge is 0.408 e. The Kier molecular flexibility index (Phi) is 4.05. The SMILES string of the molecule is CCc1ccc(Br)nc1NC(=O)C1CC2(CO)CC2N1C(=O)O.